The first-order valence-electron chi connectivity index (χ1n) is 9.21. The van der Waals surface area contributed by atoms with Gasteiger partial charge in [0.15, 0.2) is 23.9 Å². The highest BCUT2D eigenvalue weighted by Gasteiger charge is 2.22. The van der Waals surface area contributed by atoms with E-state index in [1.807, 2.05) is 37.3 Å². The summed E-state index contributed by atoms with van der Waals surface area (Å²) in [7, 11) is 0. The number of carbonyl (C=O) groups excluding carboxylic acids is 2. The zero-order valence-electron chi connectivity index (χ0n) is 16.2. The van der Waals surface area contributed by atoms with Gasteiger partial charge in [-0.3, -0.25) is 9.48 Å². The number of carbonyl (C=O) groups is 2. The first-order chi connectivity index (χ1) is 14.0. The molecule has 0 amide bonds. The van der Waals surface area contributed by atoms with Crippen molar-refractivity contribution < 1.29 is 23.8 Å². The fourth-order valence-electron chi connectivity index (χ4n) is 3.26. The number of Topliss-reactive ketones (excluding diaryl/α,β-unsaturated/α-hetero) is 1. The number of hydrogen-bond acceptors (Lipinski definition) is 6. The second-order valence-electron chi connectivity index (χ2n) is 6.76. The number of hydrogen-bond donors (Lipinski definition) is 0. The van der Waals surface area contributed by atoms with Crippen LogP contribution in [0, 0.1) is 13.8 Å². The van der Waals surface area contributed by atoms with Crippen LogP contribution in [-0.4, -0.2) is 34.9 Å². The maximum atomic E-state index is 12.6. The minimum absolute atomic E-state index is 0.132. The summed E-state index contributed by atoms with van der Waals surface area (Å²) in [5.74, 6) is 0.226. The molecule has 1 aromatic heterocycles. The average molecular weight is 392 g/mol. The topological polar surface area (TPSA) is 79.7 Å². The normalized spacial score (nSPS) is 12.1. The van der Waals surface area contributed by atoms with Crippen LogP contribution in [0.4, 0.5) is 0 Å². The molecule has 0 bridgehead atoms. The molecule has 0 N–H and O–H groups in total. The molecule has 1 aliphatic rings. The van der Waals surface area contributed by atoms with E-state index in [-0.39, 0.29) is 19.2 Å². The van der Waals surface area contributed by atoms with Crippen LogP contribution in [0.25, 0.3) is 0 Å². The number of benzene rings is 2. The fraction of sp³-hybridized carbons (Fsp3) is 0.227. The molecular formula is C22H20N2O5. The maximum absolute atomic E-state index is 12.6. The molecule has 0 saturated heterocycles. The third-order valence-electron chi connectivity index (χ3n) is 4.79. The van der Waals surface area contributed by atoms with Crippen molar-refractivity contribution in [1.82, 2.24) is 9.78 Å². The van der Waals surface area contributed by atoms with Crippen LogP contribution in [0.1, 0.15) is 37.7 Å². The monoisotopic (exact) mass is 392 g/mol. The molecule has 7 heteroatoms. The van der Waals surface area contributed by atoms with Gasteiger partial charge in [-0.2, -0.15) is 5.10 Å². The molecule has 0 radical (unpaired) electrons. The van der Waals surface area contributed by atoms with Crippen molar-refractivity contribution in [2.75, 3.05) is 13.4 Å². The molecule has 1 aliphatic heterocycles. The third-order valence-corrected chi connectivity index (χ3v) is 4.79. The Balaban J connectivity index is 1.44. The quantitative estimate of drug-likeness (QED) is 0.473. The summed E-state index contributed by atoms with van der Waals surface area (Å²) in [5, 5.41) is 4.45. The van der Waals surface area contributed by atoms with Crippen LogP contribution in [0.5, 0.6) is 11.5 Å². The van der Waals surface area contributed by atoms with Gasteiger partial charge in [0.05, 0.1) is 17.9 Å². The zero-order valence-corrected chi connectivity index (χ0v) is 16.2. The highest BCUT2D eigenvalue weighted by Crippen LogP contribution is 2.32. The van der Waals surface area contributed by atoms with Crippen molar-refractivity contribution in [3.63, 3.8) is 0 Å². The molecule has 2 heterocycles. The molecule has 2 aromatic carbocycles. The van der Waals surface area contributed by atoms with E-state index in [2.05, 4.69) is 5.10 Å². The van der Waals surface area contributed by atoms with Crippen molar-refractivity contribution in [3.8, 4) is 11.5 Å². The van der Waals surface area contributed by atoms with Crippen LogP contribution in [0.15, 0.2) is 48.5 Å². The van der Waals surface area contributed by atoms with Crippen LogP contribution in [0.3, 0.4) is 0 Å². The molecule has 4 rings (SSSR count). The van der Waals surface area contributed by atoms with Crippen LogP contribution in [0.2, 0.25) is 0 Å². The lowest BCUT2D eigenvalue weighted by Gasteiger charge is -2.07. The van der Waals surface area contributed by atoms with E-state index in [0.29, 0.717) is 40.6 Å². The van der Waals surface area contributed by atoms with Gasteiger partial charge in [0, 0.05) is 5.56 Å². The number of rotatable bonds is 6. The number of ketones is 1. The predicted molar refractivity (Wildman–Crippen MR) is 104 cm³/mol. The van der Waals surface area contributed by atoms with Crippen molar-refractivity contribution in [3.05, 3.63) is 76.6 Å². The maximum Gasteiger partial charge on any atom is 0.342 e. The smallest absolute Gasteiger partial charge is 0.342 e. The van der Waals surface area contributed by atoms with Crippen LogP contribution >= 0.6 is 0 Å². The van der Waals surface area contributed by atoms with Gasteiger partial charge in [0.2, 0.25) is 6.79 Å². The number of ether oxygens (including phenoxy) is 3. The average Bonchev–Trinajstić information content (AvgIpc) is 3.30. The molecule has 0 aliphatic carbocycles. The van der Waals surface area contributed by atoms with Crippen LogP contribution < -0.4 is 9.47 Å². The minimum Gasteiger partial charge on any atom is -0.454 e. The van der Waals surface area contributed by atoms with Crippen molar-refractivity contribution >= 4 is 11.8 Å². The number of aromatic nitrogens is 2. The second kappa shape index (κ2) is 7.79. The molecule has 0 spiro atoms. The molecule has 148 valence electrons. The van der Waals surface area contributed by atoms with Crippen molar-refractivity contribution in [1.29, 1.82) is 0 Å². The molecule has 0 unspecified atom stereocenters. The van der Waals surface area contributed by atoms with Gasteiger partial charge >= 0.3 is 5.97 Å². The molecule has 29 heavy (non-hydrogen) atoms. The number of esters is 1. The summed E-state index contributed by atoms with van der Waals surface area (Å²) in [6.07, 6.45) is 0. The Labute approximate surface area is 167 Å². The number of fused-ring (bicyclic) bond motifs is 1. The van der Waals surface area contributed by atoms with E-state index < -0.39 is 5.97 Å². The second-order valence-corrected chi connectivity index (χ2v) is 6.76. The highest BCUT2D eigenvalue weighted by atomic mass is 16.7. The minimum atomic E-state index is -0.562. The van der Waals surface area contributed by atoms with E-state index in [4.69, 9.17) is 14.2 Å². The van der Waals surface area contributed by atoms with Gasteiger partial charge in [-0.25, -0.2) is 4.79 Å². The van der Waals surface area contributed by atoms with Crippen LogP contribution in [-0.2, 0) is 11.3 Å². The molecule has 7 nitrogen and oxygen atoms in total. The van der Waals surface area contributed by atoms with Crippen molar-refractivity contribution in [2.45, 2.75) is 20.4 Å². The summed E-state index contributed by atoms with van der Waals surface area (Å²) >= 11 is 0. The van der Waals surface area contributed by atoms with Gasteiger partial charge in [-0.15, -0.1) is 0 Å². The Morgan fingerprint density at radius 1 is 1.07 bits per heavy atom. The van der Waals surface area contributed by atoms with Gasteiger partial charge < -0.3 is 14.2 Å². The SMILES string of the molecule is Cc1nn(Cc2ccccc2)c(C)c1C(=O)OCC(=O)c1ccc2c(c1)OCO2. The highest BCUT2D eigenvalue weighted by molar-refractivity contribution is 6.00. The predicted octanol–water partition coefficient (Wildman–Crippen LogP) is 3.32. The molecular weight excluding hydrogens is 372 g/mol. The first kappa shape index (κ1) is 18.7. The zero-order chi connectivity index (χ0) is 20.4. The van der Waals surface area contributed by atoms with Gasteiger partial charge in [0.1, 0.15) is 5.56 Å². The van der Waals surface area contributed by atoms with E-state index in [1.165, 1.54) is 0 Å². The van der Waals surface area contributed by atoms with E-state index in [1.54, 1.807) is 29.8 Å². The molecule has 0 fully saturated rings. The standard InChI is InChI=1S/C22H20N2O5/c1-14-21(15(2)24(23-14)11-16-6-4-3-5-7-16)22(26)27-12-18(25)17-8-9-19-20(10-17)29-13-28-19/h3-10H,11-13H2,1-2H3. The third kappa shape index (κ3) is 3.85. The Hall–Kier alpha value is -3.61. The van der Waals surface area contributed by atoms with E-state index >= 15 is 0 Å². The summed E-state index contributed by atoms with van der Waals surface area (Å²) < 4.78 is 17.5. The molecule has 0 atom stereocenters. The van der Waals surface area contributed by atoms with E-state index in [0.717, 1.165) is 5.56 Å². The molecule has 0 saturated carbocycles. The summed E-state index contributed by atoms with van der Waals surface area (Å²) in [6.45, 7) is 3.90. The summed E-state index contributed by atoms with van der Waals surface area (Å²) in [5.41, 5.74) is 3.14. The van der Waals surface area contributed by atoms with Gasteiger partial charge in [0.25, 0.3) is 0 Å². The van der Waals surface area contributed by atoms with Gasteiger partial charge in [-0.1, -0.05) is 30.3 Å². The number of aryl methyl sites for hydroxylation is 1. The molecule has 3 aromatic rings. The van der Waals surface area contributed by atoms with Crippen molar-refractivity contribution in [2.24, 2.45) is 0 Å². The fourth-order valence-corrected chi connectivity index (χ4v) is 3.26. The lowest BCUT2D eigenvalue weighted by atomic mass is 10.1. The summed E-state index contributed by atoms with van der Waals surface area (Å²) in [6, 6.07) is 14.7. The number of nitrogens with zero attached hydrogens (tertiary/aromatic N) is 2. The Morgan fingerprint density at radius 3 is 2.62 bits per heavy atom. The largest absolute Gasteiger partial charge is 0.454 e. The summed E-state index contributed by atoms with van der Waals surface area (Å²) in [4.78, 5) is 25.0. The Bertz CT molecular complexity index is 1070. The van der Waals surface area contributed by atoms with E-state index in [9.17, 15) is 9.59 Å². The lowest BCUT2D eigenvalue weighted by Crippen LogP contribution is -2.15. The van der Waals surface area contributed by atoms with Gasteiger partial charge in [-0.05, 0) is 37.6 Å². The first-order valence-corrected chi connectivity index (χ1v) is 9.21. The lowest BCUT2D eigenvalue weighted by molar-refractivity contribution is 0.0473. The Morgan fingerprint density at radius 2 is 1.83 bits per heavy atom. The Kier molecular flexibility index (Phi) is 5.03.